The normalized spacial score (nSPS) is 15.6. The van der Waals surface area contributed by atoms with E-state index in [9.17, 15) is 24.0 Å². The molecule has 0 aromatic carbocycles. The van der Waals surface area contributed by atoms with Crippen molar-refractivity contribution in [3.8, 4) is 23.8 Å². The number of terminal acetylenes is 1. The van der Waals surface area contributed by atoms with Gasteiger partial charge in [0.2, 0.25) is 0 Å². The number of ether oxygens (including phenoxy) is 2. The van der Waals surface area contributed by atoms with Crippen molar-refractivity contribution in [1.29, 1.82) is 0 Å². The number of hydrogen-bond donors (Lipinski definition) is 2. The Bertz CT molecular complexity index is 3810. The van der Waals surface area contributed by atoms with E-state index in [-0.39, 0.29) is 60.6 Å². The largest absolute Gasteiger partial charge is 0.444 e. The average molecular weight is 1580 g/mol. The van der Waals surface area contributed by atoms with Crippen molar-refractivity contribution in [2.24, 2.45) is 5.41 Å². The molecule has 3 saturated heterocycles. The van der Waals surface area contributed by atoms with Crippen molar-refractivity contribution < 1.29 is 33.4 Å². The van der Waals surface area contributed by atoms with Crippen molar-refractivity contribution in [3.63, 3.8) is 0 Å². The molecule has 13 heterocycles. The van der Waals surface area contributed by atoms with Gasteiger partial charge in [-0.15, -0.1) is 49.2 Å². The number of Topliss-reactive ketones (excluding diaryl/α,β-unsaturated/α-hetero) is 1. The van der Waals surface area contributed by atoms with Crippen LogP contribution in [0.3, 0.4) is 0 Å². The summed E-state index contributed by atoms with van der Waals surface area (Å²) in [5.74, 6) is 6.25. The van der Waals surface area contributed by atoms with Gasteiger partial charge in [-0.3, -0.25) is 59.1 Å². The fraction of sp³-hybridized carbons (Fsp3) is 0.475. The Hall–Kier alpha value is -7.61. The third-order valence-corrected chi connectivity index (χ3v) is 18.3. The van der Waals surface area contributed by atoms with Gasteiger partial charge in [-0.2, -0.15) is 0 Å². The number of aromatic nitrogens is 7. The molecule has 0 bridgehead atoms. The van der Waals surface area contributed by atoms with Crippen molar-refractivity contribution in [2.45, 2.75) is 183 Å². The molecule has 0 radical (unpaired) electrons. The van der Waals surface area contributed by atoms with Crippen molar-refractivity contribution in [3.05, 3.63) is 184 Å². The Morgan fingerprint density at radius 1 is 0.514 bits per heavy atom. The van der Waals surface area contributed by atoms with Crippen LogP contribution in [0.1, 0.15) is 160 Å². The van der Waals surface area contributed by atoms with E-state index >= 15 is 0 Å². The van der Waals surface area contributed by atoms with E-state index in [0.29, 0.717) is 48.7 Å². The number of likely N-dealkylation sites (tertiary alicyclic amines) is 2. The first-order valence-corrected chi connectivity index (χ1v) is 39.6. The van der Waals surface area contributed by atoms with E-state index in [1.165, 1.54) is 72.3 Å². The summed E-state index contributed by atoms with van der Waals surface area (Å²) in [7, 11) is -1.10. The van der Waals surface area contributed by atoms with Crippen LogP contribution in [-0.4, -0.2) is 175 Å². The fourth-order valence-electron chi connectivity index (χ4n) is 11.2. The predicted octanol–water partition coefficient (Wildman–Crippen LogP) is 14.7. The molecule has 6 aliphatic heterocycles. The van der Waals surface area contributed by atoms with E-state index in [0.717, 1.165) is 105 Å². The number of aldehydes is 2. The molecule has 25 heteroatoms. The van der Waals surface area contributed by atoms with Crippen molar-refractivity contribution in [1.82, 2.24) is 65.1 Å². The highest BCUT2D eigenvalue weighted by Gasteiger charge is 2.32. The number of piperidine rings is 3. The molecule has 6 aliphatic rings. The smallest absolute Gasteiger partial charge is 0.410 e. The molecule has 7 aromatic heterocycles. The van der Waals surface area contributed by atoms with Gasteiger partial charge in [0.05, 0.1) is 5.56 Å². The molecule has 3 fully saturated rings. The molecule has 0 aliphatic carbocycles. The zero-order chi connectivity index (χ0) is 74.1. The summed E-state index contributed by atoms with van der Waals surface area (Å²) in [6, 6.07) is 15.0. The van der Waals surface area contributed by atoms with Gasteiger partial charge in [0.1, 0.15) is 25.1 Å². The Balaban J connectivity index is 0.000000318. The predicted molar refractivity (Wildman–Crippen MR) is 432 cm³/mol. The molecule has 0 spiro atoms. The fourth-order valence-corrected chi connectivity index (χ4v) is 11.5. The van der Waals surface area contributed by atoms with Crippen molar-refractivity contribution in [2.75, 3.05) is 58.9 Å². The van der Waals surface area contributed by atoms with E-state index < -0.39 is 19.3 Å². The molecule has 2 N–H and O–H groups in total. The van der Waals surface area contributed by atoms with Crippen LogP contribution in [0.5, 0.6) is 0 Å². The van der Waals surface area contributed by atoms with E-state index in [1.54, 1.807) is 54.2 Å². The highest BCUT2D eigenvalue weighted by molar-refractivity contribution is 9.10. The number of carbonyl (C=O) groups excluding carboxylic acids is 5. The first-order chi connectivity index (χ1) is 48.6. The zero-order valence-corrected chi connectivity index (χ0v) is 68.3. The van der Waals surface area contributed by atoms with Gasteiger partial charge < -0.3 is 29.9 Å². The van der Waals surface area contributed by atoms with Gasteiger partial charge in [0, 0.05) is 202 Å². The first-order valence-electron chi connectivity index (χ1n) is 35.3. The summed E-state index contributed by atoms with van der Waals surface area (Å²) < 4.78 is 11.4. The van der Waals surface area contributed by atoms with Crippen molar-refractivity contribution >= 4 is 103 Å². The van der Waals surface area contributed by atoms with Crippen LogP contribution in [0.25, 0.3) is 10.8 Å². The second kappa shape index (κ2) is 46.5. The van der Waals surface area contributed by atoms with Crippen LogP contribution >= 0.6 is 53.2 Å². The average Bonchev–Trinajstić information content (AvgIpc) is 0.849. The number of amides is 2. The Kier molecular flexibility index (Phi) is 40.5. The van der Waals surface area contributed by atoms with Crippen LogP contribution in [0.15, 0.2) is 134 Å². The first kappa shape index (κ1) is 91.6. The zero-order valence-electron chi connectivity index (χ0n) is 63.2. The number of halogens is 4. The number of pyridine rings is 7. The SMILES string of the molecule is C#C[Si](C)(C)C.CC(C)(C)C#Cc1cnccc1C=O.CC(C)(C)OC(=O)N1CCC(=O)CC1.CC(C)(C)OC(=O)N1CCC(N2CCc3cnccc3C2)CC1.Cl.Cl.Cl.O=Cc1ccncc1Br.c1cc2c(cn1)CCN(C1CCNCC1)C2.c1cc2c(cn1)CCNC2.c1cc2cnccc2cn1. The number of ketones is 1. The van der Waals surface area contributed by atoms with E-state index in [4.69, 9.17) is 15.9 Å². The van der Waals surface area contributed by atoms with Gasteiger partial charge in [-0.05, 0) is 219 Å². The lowest BCUT2D eigenvalue weighted by atomic mass is 9.97. The molecule has 7 aromatic rings. The summed E-state index contributed by atoms with van der Waals surface area (Å²) in [6.45, 7) is 35.2. The summed E-state index contributed by atoms with van der Waals surface area (Å²) in [4.78, 5) is 92.3. The molecule has 2 amide bonds. The summed E-state index contributed by atoms with van der Waals surface area (Å²) in [6.07, 6.45) is 40.4. The minimum atomic E-state index is -1.10. The second-order valence-electron chi connectivity index (χ2n) is 29.6. The second-order valence-corrected chi connectivity index (χ2v) is 35.2. The van der Waals surface area contributed by atoms with Gasteiger partial charge >= 0.3 is 12.2 Å². The van der Waals surface area contributed by atoms with Gasteiger partial charge in [-0.25, -0.2) is 9.59 Å². The topological polar surface area (TPSA) is 231 Å². The highest BCUT2D eigenvalue weighted by Crippen LogP contribution is 2.27. The van der Waals surface area contributed by atoms with Crippen LogP contribution in [-0.2, 0) is 53.2 Å². The van der Waals surface area contributed by atoms with Crippen LogP contribution in [0.4, 0.5) is 9.59 Å². The summed E-state index contributed by atoms with van der Waals surface area (Å²) in [5, 5.41) is 9.02. The van der Waals surface area contributed by atoms with Gasteiger partial charge in [-0.1, -0.05) is 31.5 Å². The van der Waals surface area contributed by atoms with Crippen LogP contribution in [0, 0.1) is 29.2 Å². The number of fused-ring (bicyclic) bond motifs is 4. The number of nitrogens with zero attached hydrogens (tertiary/aromatic N) is 11. The van der Waals surface area contributed by atoms with Gasteiger partial charge in [0.25, 0.3) is 0 Å². The highest BCUT2D eigenvalue weighted by atomic mass is 79.9. The standard InChI is InChI=1S/C18H27N3O2.C13H19N3.C12H13NO.C10H17NO3.C8H10N2.C8H6N2.C6H4BrNO.C5H10Si.3ClH/c1-18(2,3)23-17(22)20-10-6-16(7-11-20)21-9-5-14-12-19-8-4-15(14)13-21;1-5-15-9-11-4-8-16(10-12(1)11)13-2-6-14-7-3-13;1-12(2,3)6-4-10-8-13-7-5-11(10)9-14;1-10(2,3)14-9(13)11-6-4-8(12)5-7-11;2*1-3-9-6-8-2-4-10-5-7(1)8;7-6-3-8-2-1-5(6)4-9;1-5-6(2,3)4;;;/h4,8,12,16H,5-7,9-11,13H2,1-3H3;1,5,9,13-14H,2-4,6-8,10H2;5,7-9H,1-3H3;4-7H2,1-3H3;1,3,6,10H,2,4-5H2;1-6H;1-4H;1H,2-4H3;3*1H. The number of hydrogen-bond acceptors (Lipinski definition) is 18. The monoisotopic (exact) mass is 1580 g/mol. The summed E-state index contributed by atoms with van der Waals surface area (Å²) in [5.41, 5.74) is 12.3. The lowest BCUT2D eigenvalue weighted by molar-refractivity contribution is -0.121. The molecular formula is C80H109BrCl3N13O7Si. The number of rotatable bonds is 4. The Morgan fingerprint density at radius 3 is 1.36 bits per heavy atom. The lowest BCUT2D eigenvalue weighted by Gasteiger charge is -2.40. The number of carbonyl (C=O) groups is 5. The molecule has 0 atom stereocenters. The quantitative estimate of drug-likeness (QED) is 0.0947. The minimum absolute atomic E-state index is 0. The summed E-state index contributed by atoms with van der Waals surface area (Å²) >= 11 is 3.16. The van der Waals surface area contributed by atoms with Crippen LogP contribution < -0.4 is 10.6 Å². The molecule has 0 saturated carbocycles. The molecule has 0 unspecified atom stereocenters. The minimum Gasteiger partial charge on any atom is -0.444 e. The molecule has 20 nitrogen and oxygen atoms in total. The number of nitrogens with one attached hydrogen (secondary N) is 2. The lowest BCUT2D eigenvalue weighted by Crippen LogP contribution is -2.49. The molecular weight excluding hydrogens is 1470 g/mol. The maximum Gasteiger partial charge on any atom is 0.410 e. The van der Waals surface area contributed by atoms with E-state index in [2.05, 4.69) is 126 Å². The van der Waals surface area contributed by atoms with E-state index in [1.807, 2.05) is 129 Å². The Morgan fingerprint density at radius 2 is 0.924 bits per heavy atom. The molecule has 105 heavy (non-hydrogen) atoms. The third-order valence-electron chi connectivity index (χ3n) is 16.8. The van der Waals surface area contributed by atoms with Gasteiger partial charge in [0.15, 0.2) is 12.6 Å². The maximum absolute atomic E-state index is 12.1. The maximum atomic E-state index is 12.1. The molecule has 13 rings (SSSR count). The molecule has 568 valence electrons. The van der Waals surface area contributed by atoms with Crippen LogP contribution in [0.2, 0.25) is 19.6 Å². The Labute approximate surface area is 651 Å². The third kappa shape index (κ3) is 34.7.